The second-order valence-corrected chi connectivity index (χ2v) is 4.80. The van der Waals surface area contributed by atoms with E-state index in [9.17, 15) is 0 Å². The molecular formula is C13H19NO. The zero-order valence-electron chi connectivity index (χ0n) is 9.24. The van der Waals surface area contributed by atoms with Crippen molar-refractivity contribution in [1.82, 2.24) is 4.57 Å². The van der Waals surface area contributed by atoms with Crippen LogP contribution in [0.3, 0.4) is 0 Å². The highest BCUT2D eigenvalue weighted by Crippen LogP contribution is 2.30. The van der Waals surface area contributed by atoms with Gasteiger partial charge in [-0.3, -0.25) is 0 Å². The maximum atomic E-state index is 5.42. The Morgan fingerprint density at radius 2 is 2.07 bits per heavy atom. The summed E-state index contributed by atoms with van der Waals surface area (Å²) in [5.74, 6) is 0.761. The summed E-state index contributed by atoms with van der Waals surface area (Å²) in [7, 11) is 0. The molecule has 2 aliphatic rings. The van der Waals surface area contributed by atoms with Gasteiger partial charge in [0.05, 0.1) is 0 Å². The molecule has 2 heteroatoms. The minimum atomic E-state index is 0.761. The molecule has 2 aliphatic heterocycles. The lowest BCUT2D eigenvalue weighted by atomic mass is 9.93. The zero-order chi connectivity index (χ0) is 10.1. The predicted octanol–water partition coefficient (Wildman–Crippen LogP) is 2.72. The van der Waals surface area contributed by atoms with Gasteiger partial charge in [-0.1, -0.05) is 0 Å². The van der Waals surface area contributed by atoms with Crippen molar-refractivity contribution in [2.75, 3.05) is 13.2 Å². The average Bonchev–Trinajstić information content (AvgIpc) is 2.74. The first-order chi connectivity index (χ1) is 7.43. The van der Waals surface area contributed by atoms with Crippen LogP contribution >= 0.6 is 0 Å². The molecule has 0 amide bonds. The molecule has 0 N–H and O–H groups in total. The van der Waals surface area contributed by atoms with Crippen molar-refractivity contribution in [3.05, 3.63) is 23.5 Å². The van der Waals surface area contributed by atoms with E-state index < -0.39 is 0 Å². The topological polar surface area (TPSA) is 14.2 Å². The van der Waals surface area contributed by atoms with E-state index in [4.69, 9.17) is 4.74 Å². The summed E-state index contributed by atoms with van der Waals surface area (Å²) >= 11 is 0. The first-order valence-corrected chi connectivity index (χ1v) is 6.20. The Morgan fingerprint density at radius 1 is 1.20 bits per heavy atom. The van der Waals surface area contributed by atoms with E-state index in [2.05, 4.69) is 16.8 Å². The van der Waals surface area contributed by atoms with E-state index in [-0.39, 0.29) is 0 Å². The van der Waals surface area contributed by atoms with Crippen molar-refractivity contribution >= 4 is 0 Å². The first kappa shape index (κ1) is 9.46. The Hall–Kier alpha value is -0.760. The third-order valence-corrected chi connectivity index (χ3v) is 3.78. The highest BCUT2D eigenvalue weighted by molar-refractivity contribution is 5.24. The van der Waals surface area contributed by atoms with Gasteiger partial charge < -0.3 is 9.30 Å². The SMILES string of the molecule is c1c(C2CCOCC2)cn2c1CCCC2. The van der Waals surface area contributed by atoms with Crippen molar-refractivity contribution in [2.24, 2.45) is 0 Å². The maximum absolute atomic E-state index is 5.42. The molecule has 0 bridgehead atoms. The highest BCUT2D eigenvalue weighted by atomic mass is 16.5. The molecule has 82 valence electrons. The zero-order valence-corrected chi connectivity index (χ0v) is 9.24. The maximum Gasteiger partial charge on any atom is 0.0471 e. The van der Waals surface area contributed by atoms with Gasteiger partial charge in [-0.05, 0) is 49.7 Å². The molecule has 2 nitrogen and oxygen atoms in total. The molecular weight excluding hydrogens is 186 g/mol. The summed E-state index contributed by atoms with van der Waals surface area (Å²) in [5, 5.41) is 0. The number of fused-ring (bicyclic) bond motifs is 1. The number of hydrogen-bond donors (Lipinski definition) is 0. The van der Waals surface area contributed by atoms with Crippen molar-refractivity contribution in [3.8, 4) is 0 Å². The quantitative estimate of drug-likeness (QED) is 0.687. The molecule has 3 rings (SSSR count). The number of nitrogens with zero attached hydrogens (tertiary/aromatic N) is 1. The van der Waals surface area contributed by atoms with Crippen LogP contribution in [-0.2, 0) is 17.7 Å². The minimum absolute atomic E-state index is 0.761. The molecule has 1 saturated heterocycles. The van der Waals surface area contributed by atoms with Crippen LogP contribution in [0.2, 0.25) is 0 Å². The van der Waals surface area contributed by atoms with Crippen molar-refractivity contribution in [2.45, 2.75) is 44.6 Å². The van der Waals surface area contributed by atoms with Gasteiger partial charge in [0.15, 0.2) is 0 Å². The van der Waals surface area contributed by atoms with Crippen LogP contribution in [0.4, 0.5) is 0 Å². The van der Waals surface area contributed by atoms with Crippen molar-refractivity contribution in [1.29, 1.82) is 0 Å². The number of rotatable bonds is 1. The van der Waals surface area contributed by atoms with Crippen LogP contribution in [0.1, 0.15) is 42.9 Å². The van der Waals surface area contributed by atoms with Gasteiger partial charge in [-0.2, -0.15) is 0 Å². The summed E-state index contributed by atoms with van der Waals surface area (Å²) in [4.78, 5) is 0. The Balaban J connectivity index is 1.82. The Kier molecular flexibility index (Phi) is 2.53. The van der Waals surface area contributed by atoms with Gasteiger partial charge >= 0.3 is 0 Å². The molecule has 0 unspecified atom stereocenters. The summed E-state index contributed by atoms with van der Waals surface area (Å²) in [5.41, 5.74) is 3.12. The second-order valence-electron chi connectivity index (χ2n) is 4.80. The van der Waals surface area contributed by atoms with E-state index in [1.54, 1.807) is 11.3 Å². The normalized spacial score (nSPS) is 22.7. The van der Waals surface area contributed by atoms with Gasteiger partial charge in [0.25, 0.3) is 0 Å². The van der Waals surface area contributed by atoms with Gasteiger partial charge in [0.1, 0.15) is 0 Å². The summed E-state index contributed by atoms with van der Waals surface area (Å²) in [6, 6.07) is 2.44. The van der Waals surface area contributed by atoms with Crippen molar-refractivity contribution < 1.29 is 4.74 Å². The van der Waals surface area contributed by atoms with E-state index in [1.807, 2.05) is 0 Å². The Labute approximate surface area is 91.2 Å². The van der Waals surface area contributed by atoms with E-state index >= 15 is 0 Å². The molecule has 0 saturated carbocycles. The standard InChI is InChI=1S/C13H19NO/c1-2-6-14-10-12(9-13(14)3-1)11-4-7-15-8-5-11/h9-11H,1-8H2. The Morgan fingerprint density at radius 3 is 2.87 bits per heavy atom. The fraction of sp³-hybridized carbons (Fsp3) is 0.692. The van der Waals surface area contributed by atoms with Crippen molar-refractivity contribution in [3.63, 3.8) is 0 Å². The van der Waals surface area contributed by atoms with Crippen LogP contribution < -0.4 is 0 Å². The first-order valence-electron chi connectivity index (χ1n) is 6.20. The summed E-state index contributed by atoms with van der Waals surface area (Å²) < 4.78 is 7.88. The lowest BCUT2D eigenvalue weighted by Crippen LogP contribution is -2.13. The lowest BCUT2D eigenvalue weighted by Gasteiger charge is -2.20. The smallest absolute Gasteiger partial charge is 0.0471 e. The van der Waals surface area contributed by atoms with Gasteiger partial charge in [-0.25, -0.2) is 0 Å². The van der Waals surface area contributed by atoms with E-state index in [0.717, 1.165) is 19.1 Å². The lowest BCUT2D eigenvalue weighted by molar-refractivity contribution is 0.0853. The molecule has 0 spiro atoms. The fourth-order valence-electron chi connectivity index (χ4n) is 2.84. The van der Waals surface area contributed by atoms with Gasteiger partial charge in [0.2, 0.25) is 0 Å². The Bertz CT molecular complexity index is 313. The fourth-order valence-corrected chi connectivity index (χ4v) is 2.84. The molecule has 1 fully saturated rings. The van der Waals surface area contributed by atoms with Crippen LogP contribution in [-0.4, -0.2) is 17.8 Å². The largest absolute Gasteiger partial charge is 0.381 e. The second kappa shape index (κ2) is 4.01. The predicted molar refractivity (Wildman–Crippen MR) is 60.2 cm³/mol. The number of ether oxygens (including phenoxy) is 1. The van der Waals surface area contributed by atoms with E-state index in [0.29, 0.717) is 0 Å². The monoisotopic (exact) mass is 205 g/mol. The molecule has 1 aromatic rings. The average molecular weight is 205 g/mol. The number of aryl methyl sites for hydroxylation is 2. The van der Waals surface area contributed by atoms with Crippen LogP contribution in [0.25, 0.3) is 0 Å². The number of aromatic nitrogens is 1. The summed E-state index contributed by atoms with van der Waals surface area (Å²) in [6.45, 7) is 3.13. The molecule has 0 aliphatic carbocycles. The molecule has 15 heavy (non-hydrogen) atoms. The molecule has 3 heterocycles. The molecule has 1 aromatic heterocycles. The molecule has 0 atom stereocenters. The van der Waals surface area contributed by atoms with Crippen LogP contribution in [0, 0.1) is 0 Å². The van der Waals surface area contributed by atoms with Gasteiger partial charge in [-0.15, -0.1) is 0 Å². The third kappa shape index (κ3) is 1.83. The minimum Gasteiger partial charge on any atom is -0.381 e. The summed E-state index contributed by atoms with van der Waals surface area (Å²) in [6.07, 6.45) is 8.83. The highest BCUT2D eigenvalue weighted by Gasteiger charge is 2.19. The molecule has 0 aromatic carbocycles. The van der Waals surface area contributed by atoms with Crippen LogP contribution in [0.15, 0.2) is 12.3 Å². The number of hydrogen-bond acceptors (Lipinski definition) is 1. The van der Waals surface area contributed by atoms with Crippen LogP contribution in [0.5, 0.6) is 0 Å². The molecule has 0 radical (unpaired) electrons. The van der Waals surface area contributed by atoms with Gasteiger partial charge in [0, 0.05) is 31.6 Å². The third-order valence-electron chi connectivity index (χ3n) is 3.78. The van der Waals surface area contributed by atoms with E-state index in [1.165, 1.54) is 38.6 Å².